The molecular weight excluding hydrogens is 480 g/mol. The van der Waals surface area contributed by atoms with Crippen LogP contribution in [0.2, 0.25) is 0 Å². The van der Waals surface area contributed by atoms with Crippen LogP contribution in [0.1, 0.15) is 41.9 Å². The number of methoxy groups -OCH3 is 1. The fourth-order valence-electron chi connectivity index (χ4n) is 5.42. The minimum atomic E-state index is -1.15. The van der Waals surface area contributed by atoms with Gasteiger partial charge in [-0.15, -0.1) is 0 Å². The predicted molar refractivity (Wildman–Crippen MR) is 131 cm³/mol. The van der Waals surface area contributed by atoms with Crippen LogP contribution in [0, 0.1) is 5.92 Å². The van der Waals surface area contributed by atoms with Gasteiger partial charge in [-0.3, -0.25) is 9.59 Å². The lowest BCUT2D eigenvalue weighted by atomic mass is 9.76. The standard InChI is InChI=1S/C27H32N2O8/c1-35-21-10-16(13-31)9-18-22-19(26(33)28-6-7-30)11-20(23(32)25(22)37-24(18)21)29(12-15-5-8-36-14-15)27(34)17-3-2-4-17/h5,8-11,14,17,20,22-23,25,30-32H,2-4,6-7,12-13H2,1H3,(H,28,33)/t20-,22+,23+,25+/m1/s1. The van der Waals surface area contributed by atoms with E-state index in [2.05, 4.69) is 5.32 Å². The predicted octanol–water partition coefficient (Wildman–Crippen LogP) is 1.23. The van der Waals surface area contributed by atoms with Crippen molar-refractivity contribution < 1.29 is 38.8 Å². The Hall–Kier alpha value is -3.34. The molecule has 37 heavy (non-hydrogen) atoms. The molecule has 1 saturated carbocycles. The van der Waals surface area contributed by atoms with Crippen molar-refractivity contribution in [3.8, 4) is 11.5 Å². The van der Waals surface area contributed by atoms with Gasteiger partial charge in [0.15, 0.2) is 11.5 Å². The Balaban J connectivity index is 1.59. The molecule has 2 aromatic rings. The summed E-state index contributed by atoms with van der Waals surface area (Å²) >= 11 is 0. The number of carbonyl (C=O) groups excluding carboxylic acids is 2. The van der Waals surface area contributed by atoms with Crippen LogP contribution in [0.4, 0.5) is 0 Å². The summed E-state index contributed by atoms with van der Waals surface area (Å²) < 4.78 is 16.9. The number of furan rings is 1. The second-order valence-corrected chi connectivity index (χ2v) is 9.74. The second-order valence-electron chi connectivity index (χ2n) is 9.74. The van der Waals surface area contributed by atoms with E-state index in [9.17, 15) is 24.9 Å². The zero-order chi connectivity index (χ0) is 26.1. The molecule has 4 atom stereocenters. The second kappa shape index (κ2) is 10.6. The van der Waals surface area contributed by atoms with E-state index in [-0.39, 0.29) is 38.1 Å². The van der Waals surface area contributed by atoms with Crippen molar-refractivity contribution >= 4 is 11.8 Å². The Bertz CT molecular complexity index is 1170. The van der Waals surface area contributed by atoms with E-state index in [4.69, 9.17) is 13.9 Å². The summed E-state index contributed by atoms with van der Waals surface area (Å²) in [6.07, 6.45) is 5.25. The molecule has 0 bridgehead atoms. The molecule has 0 unspecified atom stereocenters. The van der Waals surface area contributed by atoms with Crippen LogP contribution >= 0.6 is 0 Å². The molecule has 1 fully saturated rings. The zero-order valence-electron chi connectivity index (χ0n) is 20.6. The fraction of sp³-hybridized carbons (Fsp3) is 0.481. The Kier molecular flexibility index (Phi) is 7.23. The molecule has 5 rings (SSSR count). The van der Waals surface area contributed by atoms with Crippen molar-refractivity contribution in [2.45, 2.75) is 56.6 Å². The SMILES string of the molecule is COc1cc(CO)cc2c1O[C@@H]1[C@@H](O)[C@H](N(Cc3ccoc3)C(=O)C3CCC3)C=C(C(=O)NCCO)[C@H]21. The molecule has 2 amide bonds. The lowest BCUT2D eigenvalue weighted by Crippen LogP contribution is -2.56. The van der Waals surface area contributed by atoms with Gasteiger partial charge < -0.3 is 39.4 Å². The van der Waals surface area contributed by atoms with Gasteiger partial charge in [-0.25, -0.2) is 0 Å². The van der Waals surface area contributed by atoms with E-state index < -0.39 is 30.1 Å². The molecule has 1 aromatic heterocycles. The molecular formula is C27H32N2O8. The lowest BCUT2D eigenvalue weighted by molar-refractivity contribution is -0.145. The Labute approximate surface area is 214 Å². The molecule has 10 nitrogen and oxygen atoms in total. The number of carbonyl (C=O) groups is 2. The summed E-state index contributed by atoms with van der Waals surface area (Å²) in [5.41, 5.74) is 2.28. The molecule has 0 spiro atoms. The van der Waals surface area contributed by atoms with Gasteiger partial charge in [-0.05, 0) is 42.7 Å². The average molecular weight is 513 g/mol. The Morgan fingerprint density at radius 3 is 2.65 bits per heavy atom. The summed E-state index contributed by atoms with van der Waals surface area (Å²) in [5, 5.41) is 33.4. The maximum atomic E-state index is 13.6. The minimum Gasteiger partial charge on any atom is -0.493 e. The van der Waals surface area contributed by atoms with Crippen molar-refractivity contribution in [3.63, 3.8) is 0 Å². The number of aliphatic hydroxyl groups is 3. The molecule has 10 heteroatoms. The van der Waals surface area contributed by atoms with Gasteiger partial charge in [0.25, 0.3) is 0 Å². The van der Waals surface area contributed by atoms with Crippen LogP contribution in [0.25, 0.3) is 0 Å². The number of ether oxygens (including phenoxy) is 2. The average Bonchev–Trinajstić information content (AvgIpc) is 3.53. The van der Waals surface area contributed by atoms with Gasteiger partial charge in [-0.1, -0.05) is 6.42 Å². The van der Waals surface area contributed by atoms with Crippen molar-refractivity contribution in [1.29, 1.82) is 0 Å². The number of aliphatic hydroxyl groups excluding tert-OH is 3. The van der Waals surface area contributed by atoms with Gasteiger partial charge in [-0.2, -0.15) is 0 Å². The molecule has 2 aliphatic carbocycles. The van der Waals surface area contributed by atoms with Crippen LogP contribution in [-0.4, -0.2) is 70.5 Å². The van der Waals surface area contributed by atoms with Crippen molar-refractivity contribution in [2.24, 2.45) is 5.92 Å². The molecule has 198 valence electrons. The van der Waals surface area contributed by atoms with E-state index in [0.29, 0.717) is 28.2 Å². The molecule has 0 radical (unpaired) electrons. The summed E-state index contributed by atoms with van der Waals surface area (Å²) in [5.74, 6) is -0.527. The normalized spacial score (nSPS) is 24.3. The highest BCUT2D eigenvalue weighted by Gasteiger charge is 2.52. The molecule has 0 saturated heterocycles. The van der Waals surface area contributed by atoms with Crippen LogP contribution in [0.3, 0.4) is 0 Å². The quantitative estimate of drug-likeness (QED) is 0.393. The first kappa shape index (κ1) is 25.3. The first-order valence-electron chi connectivity index (χ1n) is 12.6. The first-order valence-corrected chi connectivity index (χ1v) is 12.6. The summed E-state index contributed by atoms with van der Waals surface area (Å²) in [7, 11) is 1.48. The number of fused-ring (bicyclic) bond motifs is 3. The molecule has 3 aliphatic rings. The first-order chi connectivity index (χ1) is 18.0. The lowest BCUT2D eigenvalue weighted by Gasteiger charge is -2.42. The van der Waals surface area contributed by atoms with Gasteiger partial charge in [0.2, 0.25) is 11.8 Å². The van der Waals surface area contributed by atoms with Crippen LogP contribution in [-0.2, 0) is 22.7 Å². The van der Waals surface area contributed by atoms with Crippen molar-refractivity contribution in [3.05, 3.63) is 59.1 Å². The highest BCUT2D eigenvalue weighted by atomic mass is 16.5. The van der Waals surface area contributed by atoms with Gasteiger partial charge in [0.1, 0.15) is 12.2 Å². The van der Waals surface area contributed by atoms with Crippen molar-refractivity contribution in [2.75, 3.05) is 20.3 Å². The van der Waals surface area contributed by atoms with Crippen LogP contribution in [0.5, 0.6) is 11.5 Å². The number of amides is 2. The number of rotatable bonds is 9. The highest BCUT2D eigenvalue weighted by molar-refractivity contribution is 5.96. The third kappa shape index (κ3) is 4.60. The fourth-order valence-corrected chi connectivity index (χ4v) is 5.42. The number of hydrogen-bond donors (Lipinski definition) is 4. The highest BCUT2D eigenvalue weighted by Crippen LogP contribution is 2.51. The zero-order valence-corrected chi connectivity index (χ0v) is 20.6. The molecule has 1 aliphatic heterocycles. The van der Waals surface area contributed by atoms with E-state index in [1.165, 1.54) is 13.4 Å². The monoisotopic (exact) mass is 512 g/mol. The maximum absolute atomic E-state index is 13.6. The van der Waals surface area contributed by atoms with E-state index in [1.54, 1.807) is 35.4 Å². The smallest absolute Gasteiger partial charge is 0.247 e. The molecule has 2 heterocycles. The molecule has 4 N–H and O–H groups in total. The summed E-state index contributed by atoms with van der Waals surface area (Å²) in [6.45, 7) is -0.218. The number of nitrogens with zero attached hydrogens (tertiary/aromatic N) is 1. The summed E-state index contributed by atoms with van der Waals surface area (Å²) in [4.78, 5) is 28.5. The third-order valence-electron chi connectivity index (χ3n) is 7.53. The largest absolute Gasteiger partial charge is 0.493 e. The summed E-state index contributed by atoms with van der Waals surface area (Å²) in [6, 6.07) is 4.32. The van der Waals surface area contributed by atoms with Crippen LogP contribution in [0.15, 0.2) is 46.8 Å². The number of nitrogens with one attached hydrogen (secondary N) is 1. The van der Waals surface area contributed by atoms with E-state index in [0.717, 1.165) is 24.8 Å². The number of hydrogen-bond acceptors (Lipinski definition) is 8. The van der Waals surface area contributed by atoms with E-state index >= 15 is 0 Å². The van der Waals surface area contributed by atoms with E-state index in [1.807, 2.05) is 0 Å². The Morgan fingerprint density at radius 1 is 1.22 bits per heavy atom. The minimum absolute atomic E-state index is 0.0498. The topological polar surface area (TPSA) is 142 Å². The number of benzene rings is 1. The van der Waals surface area contributed by atoms with Crippen LogP contribution < -0.4 is 14.8 Å². The Morgan fingerprint density at radius 2 is 2.03 bits per heavy atom. The maximum Gasteiger partial charge on any atom is 0.247 e. The third-order valence-corrected chi connectivity index (χ3v) is 7.53. The van der Waals surface area contributed by atoms with Gasteiger partial charge in [0.05, 0.1) is 44.8 Å². The van der Waals surface area contributed by atoms with Gasteiger partial charge in [0, 0.05) is 35.7 Å². The molecule has 1 aromatic carbocycles. The van der Waals surface area contributed by atoms with Gasteiger partial charge >= 0.3 is 0 Å². The van der Waals surface area contributed by atoms with Crippen molar-refractivity contribution in [1.82, 2.24) is 10.2 Å².